The van der Waals surface area contributed by atoms with Crippen LogP contribution in [-0.4, -0.2) is 39.1 Å². The van der Waals surface area contributed by atoms with Gasteiger partial charge in [0.1, 0.15) is 5.82 Å². The highest BCUT2D eigenvalue weighted by Gasteiger charge is 2.19. The van der Waals surface area contributed by atoms with Crippen molar-refractivity contribution in [3.8, 4) is 11.5 Å². The average Bonchev–Trinajstić information content (AvgIpc) is 3.17. The molecule has 0 aliphatic rings. The Kier molecular flexibility index (Phi) is 6.17. The minimum atomic E-state index is -0.598. The van der Waals surface area contributed by atoms with E-state index in [0.29, 0.717) is 11.5 Å². The number of imidazole rings is 1. The Morgan fingerprint density at radius 2 is 1.79 bits per heavy atom. The van der Waals surface area contributed by atoms with Gasteiger partial charge in [-0.2, -0.15) is 10.1 Å². The van der Waals surface area contributed by atoms with Crippen LogP contribution in [0.2, 0.25) is 0 Å². The summed E-state index contributed by atoms with van der Waals surface area (Å²) in [5.41, 5.74) is 2.97. The van der Waals surface area contributed by atoms with E-state index in [-0.39, 0.29) is 29.2 Å². The normalized spacial score (nSPS) is 11.3. The summed E-state index contributed by atoms with van der Waals surface area (Å²) in [6.45, 7) is -0.195. The molecule has 10 nitrogen and oxygen atoms in total. The number of hydrazone groups is 1. The van der Waals surface area contributed by atoms with Gasteiger partial charge in [0, 0.05) is 19.7 Å². The van der Waals surface area contributed by atoms with Crippen LogP contribution >= 0.6 is 0 Å². The smallest absolute Gasteiger partial charge is 0.332 e. The molecule has 0 bridgehead atoms. The van der Waals surface area contributed by atoms with E-state index in [0.717, 1.165) is 10.1 Å². The Morgan fingerprint density at radius 1 is 1.06 bits per heavy atom. The third kappa shape index (κ3) is 4.03. The predicted octanol–water partition coefficient (Wildman–Crippen LogP) is 2.08. The Hall–Kier alpha value is -4.41. The zero-order valence-electron chi connectivity index (χ0n) is 19.1. The highest BCUT2D eigenvalue weighted by molar-refractivity contribution is 5.81. The number of anilines is 1. The van der Waals surface area contributed by atoms with E-state index in [1.807, 2.05) is 0 Å². The lowest BCUT2D eigenvalue weighted by molar-refractivity contribution is 0.355. The van der Waals surface area contributed by atoms with Crippen LogP contribution in [0.15, 0.2) is 57.2 Å². The molecule has 4 rings (SSSR count). The summed E-state index contributed by atoms with van der Waals surface area (Å²) in [6, 6.07) is 11.3. The highest BCUT2D eigenvalue weighted by Crippen LogP contribution is 2.26. The van der Waals surface area contributed by atoms with Crippen LogP contribution in [0.1, 0.15) is 11.1 Å². The molecule has 0 saturated carbocycles. The first-order valence-corrected chi connectivity index (χ1v) is 10.3. The van der Waals surface area contributed by atoms with Crippen molar-refractivity contribution in [1.29, 1.82) is 0 Å². The molecule has 1 N–H and O–H groups in total. The van der Waals surface area contributed by atoms with Crippen molar-refractivity contribution in [1.82, 2.24) is 18.7 Å². The van der Waals surface area contributed by atoms with Crippen molar-refractivity contribution in [3.05, 3.63) is 80.2 Å². The lowest BCUT2D eigenvalue weighted by Gasteiger charge is -2.09. The molecule has 4 aromatic rings. The van der Waals surface area contributed by atoms with Crippen molar-refractivity contribution < 1.29 is 13.9 Å². The van der Waals surface area contributed by atoms with Gasteiger partial charge in [-0.1, -0.05) is 18.2 Å². The molecule has 0 radical (unpaired) electrons. The van der Waals surface area contributed by atoms with Crippen molar-refractivity contribution in [2.45, 2.75) is 6.54 Å². The first kappa shape index (κ1) is 22.8. The molecular weight excluding hydrogens is 443 g/mol. The summed E-state index contributed by atoms with van der Waals surface area (Å²) in [5.74, 6) is 0.908. The Labute approximate surface area is 193 Å². The maximum atomic E-state index is 14.1. The zero-order chi connectivity index (χ0) is 24.4. The molecule has 0 unspecified atom stereocenters. The van der Waals surface area contributed by atoms with Gasteiger partial charge in [-0.3, -0.25) is 13.9 Å². The standard InChI is InChI=1S/C23H23FN6O4/c1-28-19-20(26-22(28)27-25-12-14-9-10-17(33-3)18(11-14)34-4)29(2)23(32)30(21(19)31)13-15-7-5-6-8-16(15)24/h5-12H,13H2,1-4H3,(H,26,27). The highest BCUT2D eigenvalue weighted by atomic mass is 19.1. The SMILES string of the molecule is COc1ccc(C=NNc2nc3c(c(=O)n(Cc4ccccc4F)c(=O)n3C)n2C)cc1OC. The van der Waals surface area contributed by atoms with Crippen LogP contribution in [0.3, 0.4) is 0 Å². The van der Waals surface area contributed by atoms with Crippen molar-refractivity contribution in [2.24, 2.45) is 19.2 Å². The van der Waals surface area contributed by atoms with Gasteiger partial charge in [0.25, 0.3) is 5.56 Å². The van der Waals surface area contributed by atoms with Crippen molar-refractivity contribution in [3.63, 3.8) is 0 Å². The number of halogens is 1. The van der Waals surface area contributed by atoms with Gasteiger partial charge < -0.3 is 14.0 Å². The second kappa shape index (κ2) is 9.22. The average molecular weight is 466 g/mol. The third-order valence-corrected chi connectivity index (χ3v) is 5.43. The van der Waals surface area contributed by atoms with Gasteiger partial charge in [0.2, 0.25) is 5.95 Å². The number of methoxy groups -OCH3 is 2. The topological polar surface area (TPSA) is 105 Å². The minimum Gasteiger partial charge on any atom is -0.493 e. The van der Waals surface area contributed by atoms with Crippen molar-refractivity contribution >= 4 is 23.3 Å². The number of fused-ring (bicyclic) bond motifs is 1. The maximum Gasteiger partial charge on any atom is 0.332 e. The lowest BCUT2D eigenvalue weighted by atomic mass is 10.2. The fourth-order valence-electron chi connectivity index (χ4n) is 3.58. The van der Waals surface area contributed by atoms with E-state index >= 15 is 0 Å². The molecule has 34 heavy (non-hydrogen) atoms. The molecule has 0 fully saturated rings. The van der Waals surface area contributed by atoms with Gasteiger partial charge in [0.15, 0.2) is 22.7 Å². The van der Waals surface area contributed by atoms with E-state index in [4.69, 9.17) is 9.47 Å². The molecule has 0 aliphatic heterocycles. The number of aryl methyl sites for hydroxylation is 2. The monoisotopic (exact) mass is 466 g/mol. The van der Waals surface area contributed by atoms with Gasteiger partial charge in [-0.05, 0) is 29.8 Å². The van der Waals surface area contributed by atoms with Crippen molar-refractivity contribution in [2.75, 3.05) is 19.6 Å². The molecule has 2 aromatic carbocycles. The maximum absolute atomic E-state index is 14.1. The minimum absolute atomic E-state index is 0.183. The number of ether oxygens (including phenoxy) is 2. The second-order valence-electron chi connectivity index (χ2n) is 7.48. The van der Waals surface area contributed by atoms with E-state index in [9.17, 15) is 14.0 Å². The number of nitrogens with one attached hydrogen (secondary N) is 1. The lowest BCUT2D eigenvalue weighted by Crippen LogP contribution is -2.40. The molecule has 0 amide bonds. The quantitative estimate of drug-likeness (QED) is 0.330. The van der Waals surface area contributed by atoms with Crippen LogP contribution in [0.5, 0.6) is 11.5 Å². The van der Waals surface area contributed by atoms with Crippen LogP contribution < -0.4 is 26.1 Å². The number of benzene rings is 2. The molecule has 0 aliphatic carbocycles. The summed E-state index contributed by atoms with van der Waals surface area (Å²) in [4.78, 5) is 30.3. The first-order chi connectivity index (χ1) is 16.3. The predicted molar refractivity (Wildman–Crippen MR) is 126 cm³/mol. The summed E-state index contributed by atoms with van der Waals surface area (Å²) < 4.78 is 28.4. The third-order valence-electron chi connectivity index (χ3n) is 5.43. The zero-order valence-corrected chi connectivity index (χ0v) is 19.1. The number of hydrogen-bond acceptors (Lipinski definition) is 7. The van der Waals surface area contributed by atoms with Crippen LogP contribution in [0, 0.1) is 5.82 Å². The second-order valence-corrected chi connectivity index (χ2v) is 7.48. The first-order valence-electron chi connectivity index (χ1n) is 10.3. The molecular formula is C23H23FN6O4. The Bertz CT molecular complexity index is 1520. The van der Waals surface area contributed by atoms with Crippen LogP contribution in [0.4, 0.5) is 10.3 Å². The summed E-state index contributed by atoms with van der Waals surface area (Å²) >= 11 is 0. The van der Waals surface area contributed by atoms with Gasteiger partial charge in [0.05, 0.1) is 27.0 Å². The molecule has 0 atom stereocenters. The van der Waals surface area contributed by atoms with Gasteiger partial charge in [-0.25, -0.2) is 14.6 Å². The van der Waals surface area contributed by atoms with Crippen LogP contribution in [-0.2, 0) is 20.6 Å². The largest absolute Gasteiger partial charge is 0.493 e. The van der Waals surface area contributed by atoms with E-state index in [2.05, 4.69) is 15.5 Å². The summed E-state index contributed by atoms with van der Waals surface area (Å²) in [6.07, 6.45) is 1.55. The van der Waals surface area contributed by atoms with E-state index in [1.54, 1.807) is 57.8 Å². The Balaban J connectivity index is 1.69. The van der Waals surface area contributed by atoms with Crippen LogP contribution in [0.25, 0.3) is 11.2 Å². The number of aromatic nitrogens is 4. The van der Waals surface area contributed by atoms with Gasteiger partial charge in [-0.15, -0.1) is 0 Å². The Morgan fingerprint density at radius 3 is 2.50 bits per heavy atom. The number of nitrogens with zero attached hydrogens (tertiary/aromatic N) is 5. The molecule has 2 heterocycles. The molecule has 0 saturated heterocycles. The summed E-state index contributed by atoms with van der Waals surface area (Å²) in [7, 11) is 6.23. The van der Waals surface area contributed by atoms with E-state index in [1.165, 1.54) is 28.3 Å². The fourth-order valence-corrected chi connectivity index (χ4v) is 3.58. The van der Waals surface area contributed by atoms with E-state index < -0.39 is 17.1 Å². The molecule has 2 aromatic heterocycles. The molecule has 11 heteroatoms. The molecule has 0 spiro atoms. The van der Waals surface area contributed by atoms with Gasteiger partial charge >= 0.3 is 5.69 Å². The molecule has 176 valence electrons. The summed E-state index contributed by atoms with van der Waals surface area (Å²) in [5, 5.41) is 4.18. The number of hydrogen-bond donors (Lipinski definition) is 1. The fraction of sp³-hybridized carbons (Fsp3) is 0.217. The number of rotatable bonds is 7.